The van der Waals surface area contributed by atoms with Gasteiger partial charge < -0.3 is 18.9 Å². The first kappa shape index (κ1) is 18.8. The summed E-state index contributed by atoms with van der Waals surface area (Å²) in [6.07, 6.45) is 0.568. The second-order valence-corrected chi connectivity index (χ2v) is 5.42. The first-order valence-electron chi connectivity index (χ1n) is 8.30. The quantitative estimate of drug-likeness (QED) is 0.393. The Kier molecular flexibility index (Phi) is 7.29. The molecule has 0 radical (unpaired) electrons. The zero-order chi connectivity index (χ0) is 18.1. The second-order valence-electron chi connectivity index (χ2n) is 5.42. The Morgan fingerprint density at radius 1 is 0.960 bits per heavy atom. The van der Waals surface area contributed by atoms with Gasteiger partial charge in [0.1, 0.15) is 18.1 Å². The SMILES string of the molecule is CCc1ccc(OC(C)OCCOC(=O)c2ccc(OC)cc2)cc1. The number of benzene rings is 2. The van der Waals surface area contributed by atoms with Gasteiger partial charge in [0.25, 0.3) is 0 Å². The molecule has 25 heavy (non-hydrogen) atoms. The molecule has 0 saturated heterocycles. The van der Waals surface area contributed by atoms with Gasteiger partial charge in [-0.2, -0.15) is 0 Å². The van der Waals surface area contributed by atoms with Gasteiger partial charge in [0.15, 0.2) is 6.29 Å². The molecule has 2 rings (SSSR count). The molecule has 0 spiro atoms. The molecule has 0 aliphatic carbocycles. The smallest absolute Gasteiger partial charge is 0.338 e. The van der Waals surface area contributed by atoms with Crippen molar-refractivity contribution in [2.45, 2.75) is 26.6 Å². The first-order valence-corrected chi connectivity index (χ1v) is 8.30. The van der Waals surface area contributed by atoms with E-state index in [1.807, 2.05) is 24.3 Å². The highest BCUT2D eigenvalue weighted by atomic mass is 16.7. The number of carbonyl (C=O) groups excluding carboxylic acids is 1. The summed E-state index contributed by atoms with van der Waals surface area (Å²) in [4.78, 5) is 11.9. The van der Waals surface area contributed by atoms with E-state index in [2.05, 4.69) is 6.92 Å². The van der Waals surface area contributed by atoms with Crippen molar-refractivity contribution in [2.24, 2.45) is 0 Å². The minimum absolute atomic E-state index is 0.160. The summed E-state index contributed by atoms with van der Waals surface area (Å²) < 4.78 is 21.4. The predicted octanol–water partition coefficient (Wildman–Crippen LogP) is 3.86. The van der Waals surface area contributed by atoms with Crippen LogP contribution in [0, 0.1) is 0 Å². The molecule has 1 unspecified atom stereocenters. The van der Waals surface area contributed by atoms with Crippen LogP contribution in [0.15, 0.2) is 48.5 Å². The Balaban J connectivity index is 1.67. The minimum atomic E-state index is -0.424. The molecular formula is C20H24O5. The largest absolute Gasteiger partial charge is 0.497 e. The number of rotatable bonds is 9. The highest BCUT2D eigenvalue weighted by Gasteiger charge is 2.08. The maximum absolute atomic E-state index is 11.9. The molecule has 2 aromatic rings. The summed E-state index contributed by atoms with van der Waals surface area (Å²) in [5.74, 6) is 1.05. The van der Waals surface area contributed by atoms with Crippen molar-refractivity contribution in [3.05, 3.63) is 59.7 Å². The van der Waals surface area contributed by atoms with Crippen LogP contribution in [0.2, 0.25) is 0 Å². The van der Waals surface area contributed by atoms with Gasteiger partial charge in [-0.1, -0.05) is 19.1 Å². The van der Waals surface area contributed by atoms with Gasteiger partial charge >= 0.3 is 5.97 Å². The Bertz CT molecular complexity index is 649. The predicted molar refractivity (Wildman–Crippen MR) is 95.1 cm³/mol. The third-order valence-electron chi connectivity index (χ3n) is 3.63. The molecule has 0 fully saturated rings. The lowest BCUT2D eigenvalue weighted by Crippen LogP contribution is -2.20. The van der Waals surface area contributed by atoms with Gasteiger partial charge in [-0.25, -0.2) is 4.79 Å². The lowest BCUT2D eigenvalue weighted by atomic mass is 10.2. The zero-order valence-corrected chi connectivity index (χ0v) is 14.9. The third kappa shape index (κ3) is 6.12. The van der Waals surface area contributed by atoms with Crippen molar-refractivity contribution < 1.29 is 23.7 Å². The zero-order valence-electron chi connectivity index (χ0n) is 14.9. The van der Waals surface area contributed by atoms with Crippen LogP contribution in [0.5, 0.6) is 11.5 Å². The average Bonchev–Trinajstić information content (AvgIpc) is 2.65. The number of aryl methyl sites for hydroxylation is 1. The molecule has 0 bridgehead atoms. The van der Waals surface area contributed by atoms with E-state index in [1.165, 1.54) is 5.56 Å². The lowest BCUT2D eigenvalue weighted by molar-refractivity contribution is -0.0783. The molecule has 0 heterocycles. The summed E-state index contributed by atoms with van der Waals surface area (Å²) in [5.41, 5.74) is 1.73. The van der Waals surface area contributed by atoms with E-state index >= 15 is 0 Å². The fraction of sp³-hybridized carbons (Fsp3) is 0.350. The van der Waals surface area contributed by atoms with Crippen LogP contribution in [0.25, 0.3) is 0 Å². The van der Waals surface area contributed by atoms with Crippen molar-refractivity contribution in [1.29, 1.82) is 0 Å². The Morgan fingerprint density at radius 2 is 1.60 bits per heavy atom. The summed E-state index contributed by atoms with van der Waals surface area (Å²) in [5, 5.41) is 0. The maximum atomic E-state index is 11.9. The number of methoxy groups -OCH3 is 1. The van der Waals surface area contributed by atoms with Crippen LogP contribution in [0.4, 0.5) is 0 Å². The molecule has 0 amide bonds. The highest BCUT2D eigenvalue weighted by Crippen LogP contribution is 2.15. The van der Waals surface area contributed by atoms with Gasteiger partial charge in [-0.3, -0.25) is 0 Å². The summed E-state index contributed by atoms with van der Waals surface area (Å²) >= 11 is 0. The first-order chi connectivity index (χ1) is 12.1. The molecular weight excluding hydrogens is 320 g/mol. The molecule has 1 atom stereocenters. The number of hydrogen-bond acceptors (Lipinski definition) is 5. The van der Waals surface area contributed by atoms with Crippen LogP contribution in [0.1, 0.15) is 29.8 Å². The van der Waals surface area contributed by atoms with Crippen molar-refractivity contribution in [1.82, 2.24) is 0 Å². The van der Waals surface area contributed by atoms with Gasteiger partial charge in [0.05, 0.1) is 19.3 Å². The molecule has 0 aromatic heterocycles. The van der Waals surface area contributed by atoms with E-state index in [0.717, 1.165) is 12.2 Å². The summed E-state index contributed by atoms with van der Waals surface area (Å²) in [6.45, 7) is 4.33. The molecule has 134 valence electrons. The maximum Gasteiger partial charge on any atom is 0.338 e. The minimum Gasteiger partial charge on any atom is -0.497 e. The average molecular weight is 344 g/mol. The van der Waals surface area contributed by atoms with E-state index in [-0.39, 0.29) is 13.2 Å². The van der Waals surface area contributed by atoms with Crippen molar-refractivity contribution in [2.75, 3.05) is 20.3 Å². The normalized spacial score (nSPS) is 11.6. The van der Waals surface area contributed by atoms with Crippen LogP contribution in [0.3, 0.4) is 0 Å². The highest BCUT2D eigenvalue weighted by molar-refractivity contribution is 5.89. The van der Waals surface area contributed by atoms with Gasteiger partial charge in [0, 0.05) is 0 Å². The van der Waals surface area contributed by atoms with Crippen molar-refractivity contribution >= 4 is 5.97 Å². The molecule has 2 aromatic carbocycles. The number of carbonyl (C=O) groups is 1. The van der Waals surface area contributed by atoms with Gasteiger partial charge in [0.2, 0.25) is 0 Å². The summed E-state index contributed by atoms with van der Waals surface area (Å²) in [6, 6.07) is 14.6. The summed E-state index contributed by atoms with van der Waals surface area (Å²) in [7, 11) is 1.58. The van der Waals surface area contributed by atoms with E-state index in [9.17, 15) is 4.79 Å². The third-order valence-corrected chi connectivity index (χ3v) is 3.63. The Labute approximate surface area is 148 Å². The second kappa shape index (κ2) is 9.69. The molecule has 0 aliphatic heterocycles. The van der Waals surface area contributed by atoms with Crippen LogP contribution in [-0.2, 0) is 15.9 Å². The van der Waals surface area contributed by atoms with Crippen molar-refractivity contribution in [3.63, 3.8) is 0 Å². The number of hydrogen-bond donors (Lipinski definition) is 0. The van der Waals surface area contributed by atoms with E-state index < -0.39 is 12.3 Å². The van der Waals surface area contributed by atoms with Crippen LogP contribution >= 0.6 is 0 Å². The monoisotopic (exact) mass is 344 g/mol. The number of ether oxygens (including phenoxy) is 4. The Hall–Kier alpha value is -2.53. The van der Waals surface area contributed by atoms with Gasteiger partial charge in [-0.05, 0) is 55.3 Å². The van der Waals surface area contributed by atoms with Crippen LogP contribution < -0.4 is 9.47 Å². The fourth-order valence-corrected chi connectivity index (χ4v) is 2.19. The fourth-order valence-electron chi connectivity index (χ4n) is 2.19. The van der Waals surface area contributed by atoms with E-state index in [1.54, 1.807) is 38.3 Å². The Morgan fingerprint density at radius 3 is 2.20 bits per heavy atom. The van der Waals surface area contributed by atoms with E-state index in [0.29, 0.717) is 11.3 Å². The lowest BCUT2D eigenvalue weighted by Gasteiger charge is -2.15. The molecule has 0 N–H and O–H groups in total. The molecule has 5 nitrogen and oxygen atoms in total. The number of esters is 1. The van der Waals surface area contributed by atoms with Gasteiger partial charge in [-0.15, -0.1) is 0 Å². The van der Waals surface area contributed by atoms with Crippen LogP contribution in [-0.4, -0.2) is 32.6 Å². The topological polar surface area (TPSA) is 54.0 Å². The molecule has 0 aliphatic rings. The van der Waals surface area contributed by atoms with E-state index in [4.69, 9.17) is 18.9 Å². The standard InChI is InChI=1S/C20H24O5/c1-4-16-5-9-19(10-6-16)25-15(2)23-13-14-24-20(21)17-7-11-18(22-3)12-8-17/h5-12,15H,4,13-14H2,1-3H3. The van der Waals surface area contributed by atoms with Crippen molar-refractivity contribution in [3.8, 4) is 11.5 Å². The molecule has 5 heteroatoms. The molecule has 0 saturated carbocycles.